The molecule has 0 aromatic carbocycles. The van der Waals surface area contributed by atoms with Crippen molar-refractivity contribution in [2.75, 3.05) is 14.2 Å². The first-order valence-electron chi connectivity index (χ1n) is 5.17. The topological polar surface area (TPSA) is 77.0 Å². The van der Waals surface area contributed by atoms with Crippen LogP contribution in [-0.4, -0.2) is 55.9 Å². The lowest BCUT2D eigenvalue weighted by Crippen LogP contribution is -2.63. The molecule has 0 saturated carbocycles. The molecule has 94 valence electrons. The molecule has 1 rings (SSSR count). The summed E-state index contributed by atoms with van der Waals surface area (Å²) in [6.45, 7) is 3.20. The molecule has 1 aliphatic rings. The number of methoxy groups -OCH3 is 2. The van der Waals surface area contributed by atoms with Crippen molar-refractivity contribution in [1.82, 2.24) is 5.32 Å². The van der Waals surface area contributed by atoms with E-state index in [9.17, 15) is 9.90 Å². The van der Waals surface area contributed by atoms with Gasteiger partial charge in [0.1, 0.15) is 12.2 Å². The summed E-state index contributed by atoms with van der Waals surface area (Å²) in [6, 6.07) is -0.531. The summed E-state index contributed by atoms with van der Waals surface area (Å²) in [5.41, 5.74) is 0. The van der Waals surface area contributed by atoms with Crippen molar-refractivity contribution in [1.29, 1.82) is 0 Å². The summed E-state index contributed by atoms with van der Waals surface area (Å²) >= 11 is 0. The highest BCUT2D eigenvalue weighted by Gasteiger charge is 2.44. The number of aliphatic hydroxyl groups is 1. The largest absolute Gasteiger partial charge is 0.386 e. The second kappa shape index (κ2) is 5.58. The minimum Gasteiger partial charge on any atom is -0.386 e. The molecule has 1 aliphatic heterocycles. The fourth-order valence-electron chi connectivity index (χ4n) is 1.96. The van der Waals surface area contributed by atoms with Gasteiger partial charge in [-0.3, -0.25) is 4.79 Å². The number of carbonyl (C=O) groups excluding carboxylic acids is 1. The Kier molecular flexibility index (Phi) is 4.67. The molecule has 1 fully saturated rings. The minimum atomic E-state index is -0.949. The van der Waals surface area contributed by atoms with Crippen LogP contribution in [0, 0.1) is 0 Å². The van der Waals surface area contributed by atoms with E-state index < -0.39 is 24.5 Å². The Bertz CT molecular complexity index is 247. The maximum atomic E-state index is 11.1. The van der Waals surface area contributed by atoms with Gasteiger partial charge in [-0.15, -0.1) is 0 Å². The van der Waals surface area contributed by atoms with Crippen molar-refractivity contribution in [3.05, 3.63) is 0 Å². The van der Waals surface area contributed by atoms with Gasteiger partial charge in [0.15, 0.2) is 6.29 Å². The Morgan fingerprint density at radius 1 is 1.38 bits per heavy atom. The average Bonchev–Trinajstić information content (AvgIpc) is 2.22. The van der Waals surface area contributed by atoms with E-state index in [-0.39, 0.29) is 12.0 Å². The number of hydrogen-bond acceptors (Lipinski definition) is 5. The van der Waals surface area contributed by atoms with Crippen LogP contribution in [-0.2, 0) is 19.0 Å². The molecule has 1 amide bonds. The summed E-state index contributed by atoms with van der Waals surface area (Å²) in [5, 5.41) is 12.6. The lowest BCUT2D eigenvalue weighted by Gasteiger charge is -2.42. The molecule has 0 aromatic rings. The van der Waals surface area contributed by atoms with Crippen molar-refractivity contribution >= 4 is 5.91 Å². The highest BCUT2D eigenvalue weighted by atomic mass is 16.7. The summed E-state index contributed by atoms with van der Waals surface area (Å²) < 4.78 is 15.6. The first-order valence-corrected chi connectivity index (χ1v) is 5.17. The molecule has 2 N–H and O–H groups in total. The van der Waals surface area contributed by atoms with E-state index in [1.165, 1.54) is 21.1 Å². The van der Waals surface area contributed by atoms with Crippen molar-refractivity contribution in [2.24, 2.45) is 0 Å². The first kappa shape index (κ1) is 13.4. The van der Waals surface area contributed by atoms with Crippen LogP contribution >= 0.6 is 0 Å². The van der Waals surface area contributed by atoms with E-state index >= 15 is 0 Å². The van der Waals surface area contributed by atoms with E-state index in [4.69, 9.17) is 14.2 Å². The van der Waals surface area contributed by atoms with Crippen LogP contribution in [0.1, 0.15) is 13.8 Å². The molecule has 0 radical (unpaired) electrons. The quantitative estimate of drug-likeness (QED) is 0.671. The Labute approximate surface area is 94.9 Å². The van der Waals surface area contributed by atoms with Crippen molar-refractivity contribution in [3.8, 4) is 0 Å². The van der Waals surface area contributed by atoms with Crippen LogP contribution in [0.2, 0.25) is 0 Å². The standard InChI is InChI=1S/C10H19NO5/c1-5-9(14-3)7(11-6(2)12)8(13)10(15-4)16-5/h5,7-10,13H,1-4H3,(H,11,12)/t5-,7-,8-,9-,10+/m0/s1. The molecular formula is C10H19NO5. The second-order valence-corrected chi connectivity index (χ2v) is 3.86. The number of rotatable bonds is 3. The predicted octanol–water partition coefficient (Wildman–Crippen LogP) is -0.742. The van der Waals surface area contributed by atoms with Gasteiger partial charge in [-0.2, -0.15) is 0 Å². The molecule has 1 heterocycles. The molecule has 1 saturated heterocycles. The van der Waals surface area contributed by atoms with Gasteiger partial charge in [0, 0.05) is 21.1 Å². The van der Waals surface area contributed by atoms with Gasteiger partial charge in [-0.1, -0.05) is 0 Å². The van der Waals surface area contributed by atoms with Crippen molar-refractivity contribution in [3.63, 3.8) is 0 Å². The van der Waals surface area contributed by atoms with Gasteiger partial charge in [-0.25, -0.2) is 0 Å². The van der Waals surface area contributed by atoms with Crippen LogP contribution in [0.3, 0.4) is 0 Å². The average molecular weight is 233 g/mol. The minimum absolute atomic E-state index is 0.227. The van der Waals surface area contributed by atoms with E-state index in [1.54, 1.807) is 6.92 Å². The zero-order chi connectivity index (χ0) is 12.3. The Morgan fingerprint density at radius 2 is 2.00 bits per heavy atom. The molecule has 6 heteroatoms. The third-order valence-corrected chi connectivity index (χ3v) is 2.69. The zero-order valence-electron chi connectivity index (χ0n) is 9.97. The van der Waals surface area contributed by atoms with Gasteiger partial charge in [-0.05, 0) is 6.92 Å². The Balaban J connectivity index is 2.81. The van der Waals surface area contributed by atoms with Gasteiger partial charge < -0.3 is 24.6 Å². The second-order valence-electron chi connectivity index (χ2n) is 3.86. The fraction of sp³-hybridized carbons (Fsp3) is 0.900. The lowest BCUT2D eigenvalue weighted by molar-refractivity contribution is -0.265. The van der Waals surface area contributed by atoms with Crippen LogP contribution in [0.5, 0.6) is 0 Å². The number of ether oxygens (including phenoxy) is 3. The fourth-order valence-corrected chi connectivity index (χ4v) is 1.96. The third-order valence-electron chi connectivity index (χ3n) is 2.69. The monoisotopic (exact) mass is 233 g/mol. The molecule has 0 unspecified atom stereocenters. The molecule has 6 nitrogen and oxygen atoms in total. The summed E-state index contributed by atoms with van der Waals surface area (Å²) in [5.74, 6) is -0.227. The molecular weight excluding hydrogens is 214 g/mol. The number of hydrogen-bond donors (Lipinski definition) is 2. The molecule has 0 aromatic heterocycles. The van der Waals surface area contributed by atoms with Crippen LogP contribution in [0.15, 0.2) is 0 Å². The van der Waals surface area contributed by atoms with Gasteiger partial charge in [0.05, 0.1) is 12.1 Å². The zero-order valence-corrected chi connectivity index (χ0v) is 9.97. The number of aliphatic hydroxyl groups excluding tert-OH is 1. The predicted molar refractivity (Wildman–Crippen MR) is 55.8 cm³/mol. The first-order chi connectivity index (χ1) is 7.51. The van der Waals surface area contributed by atoms with E-state index in [2.05, 4.69) is 5.32 Å². The highest BCUT2D eigenvalue weighted by molar-refractivity contribution is 5.73. The smallest absolute Gasteiger partial charge is 0.217 e. The van der Waals surface area contributed by atoms with Gasteiger partial charge in [0.2, 0.25) is 5.91 Å². The molecule has 5 atom stereocenters. The normalized spacial score (nSPS) is 39.4. The van der Waals surface area contributed by atoms with Gasteiger partial charge >= 0.3 is 0 Å². The number of amides is 1. The maximum Gasteiger partial charge on any atom is 0.217 e. The van der Waals surface area contributed by atoms with Gasteiger partial charge in [0.25, 0.3) is 0 Å². The third kappa shape index (κ3) is 2.70. The summed E-state index contributed by atoms with van der Waals surface area (Å²) in [7, 11) is 2.96. The molecule has 0 aliphatic carbocycles. The summed E-state index contributed by atoms with van der Waals surface area (Å²) in [6.07, 6.45) is -2.37. The van der Waals surface area contributed by atoms with E-state index in [1.807, 2.05) is 0 Å². The van der Waals surface area contributed by atoms with Crippen molar-refractivity contribution in [2.45, 2.75) is 44.5 Å². The highest BCUT2D eigenvalue weighted by Crippen LogP contribution is 2.23. The lowest BCUT2D eigenvalue weighted by atomic mass is 9.96. The number of nitrogens with one attached hydrogen (secondary N) is 1. The molecule has 0 bridgehead atoms. The Morgan fingerprint density at radius 3 is 2.44 bits per heavy atom. The van der Waals surface area contributed by atoms with E-state index in [0.29, 0.717) is 0 Å². The SMILES string of the molecule is CO[C@@H]1O[C@@H](C)[C@H](OC)[C@@H](NC(C)=O)[C@@H]1O. The molecule has 16 heavy (non-hydrogen) atoms. The molecule has 0 spiro atoms. The van der Waals surface area contributed by atoms with Crippen LogP contribution in [0.4, 0.5) is 0 Å². The van der Waals surface area contributed by atoms with Crippen molar-refractivity contribution < 1.29 is 24.1 Å². The van der Waals surface area contributed by atoms with E-state index in [0.717, 1.165) is 0 Å². The summed E-state index contributed by atoms with van der Waals surface area (Å²) in [4.78, 5) is 11.1. The van der Waals surface area contributed by atoms with Crippen LogP contribution in [0.25, 0.3) is 0 Å². The van der Waals surface area contributed by atoms with Crippen LogP contribution < -0.4 is 5.32 Å². The number of carbonyl (C=O) groups is 1. The Hall–Kier alpha value is -0.690. The maximum absolute atomic E-state index is 11.1.